The highest BCUT2D eigenvalue weighted by atomic mass is 16.5. The molecule has 0 atom stereocenters. The van der Waals surface area contributed by atoms with Crippen molar-refractivity contribution < 1.29 is 14.0 Å². The van der Waals surface area contributed by atoms with Crippen molar-refractivity contribution in [3.8, 4) is 34.7 Å². The Bertz CT molecular complexity index is 1120. The Hall–Kier alpha value is -3.59. The summed E-state index contributed by atoms with van der Waals surface area (Å²) >= 11 is 0. The van der Waals surface area contributed by atoms with E-state index in [0.717, 1.165) is 28.9 Å². The quantitative estimate of drug-likeness (QED) is 0.592. The van der Waals surface area contributed by atoms with E-state index in [1.165, 1.54) is 0 Å². The number of aromatic nitrogens is 2. The summed E-state index contributed by atoms with van der Waals surface area (Å²) in [5, 5.41) is 13.6. The molecular formula is C23H21N3O3. The van der Waals surface area contributed by atoms with E-state index in [9.17, 15) is 5.26 Å². The SMILES string of the molecule is CCOC1=CCc2c1cccc2-c1noc(-c2ccc(OC(C)C)c(C#N)c2)n1. The van der Waals surface area contributed by atoms with Crippen LogP contribution in [0.5, 0.6) is 5.75 Å². The first kappa shape index (κ1) is 18.8. The molecular weight excluding hydrogens is 366 g/mol. The molecule has 0 bridgehead atoms. The predicted molar refractivity (Wildman–Crippen MR) is 109 cm³/mol. The lowest BCUT2D eigenvalue weighted by Crippen LogP contribution is -2.06. The highest BCUT2D eigenvalue weighted by Gasteiger charge is 2.22. The van der Waals surface area contributed by atoms with E-state index in [4.69, 9.17) is 14.0 Å². The van der Waals surface area contributed by atoms with E-state index in [2.05, 4.69) is 22.3 Å². The van der Waals surface area contributed by atoms with Crippen LogP contribution in [0.3, 0.4) is 0 Å². The molecule has 0 radical (unpaired) electrons. The van der Waals surface area contributed by atoms with Gasteiger partial charge in [-0.15, -0.1) is 0 Å². The number of allylic oxidation sites excluding steroid dienone is 1. The summed E-state index contributed by atoms with van der Waals surface area (Å²) in [6, 6.07) is 13.4. The monoisotopic (exact) mass is 387 g/mol. The Morgan fingerprint density at radius 2 is 2.03 bits per heavy atom. The minimum absolute atomic E-state index is 0.0154. The third kappa shape index (κ3) is 3.59. The van der Waals surface area contributed by atoms with Crippen LogP contribution in [0.4, 0.5) is 0 Å². The van der Waals surface area contributed by atoms with Crippen LogP contribution in [-0.2, 0) is 11.2 Å². The van der Waals surface area contributed by atoms with E-state index in [0.29, 0.717) is 35.2 Å². The molecule has 4 rings (SSSR count). The fourth-order valence-electron chi connectivity index (χ4n) is 3.40. The van der Waals surface area contributed by atoms with E-state index in [1.54, 1.807) is 12.1 Å². The van der Waals surface area contributed by atoms with Gasteiger partial charge in [0, 0.05) is 16.7 Å². The normalized spacial score (nSPS) is 12.4. The Morgan fingerprint density at radius 3 is 2.79 bits per heavy atom. The number of nitrogens with zero attached hydrogens (tertiary/aromatic N) is 3. The molecule has 146 valence electrons. The van der Waals surface area contributed by atoms with Crippen LogP contribution in [-0.4, -0.2) is 22.9 Å². The van der Waals surface area contributed by atoms with Crippen LogP contribution in [0, 0.1) is 11.3 Å². The molecule has 0 spiro atoms. The molecule has 6 heteroatoms. The lowest BCUT2D eigenvalue weighted by molar-refractivity contribution is 0.241. The predicted octanol–water partition coefficient (Wildman–Crippen LogP) is 5.00. The number of ether oxygens (including phenoxy) is 2. The fraction of sp³-hybridized carbons (Fsp3) is 0.261. The topological polar surface area (TPSA) is 81.2 Å². The second-order valence-corrected chi connectivity index (χ2v) is 6.95. The van der Waals surface area contributed by atoms with Gasteiger partial charge in [0.15, 0.2) is 0 Å². The number of nitriles is 1. The zero-order valence-corrected chi connectivity index (χ0v) is 16.6. The molecule has 29 heavy (non-hydrogen) atoms. The molecule has 1 heterocycles. The van der Waals surface area contributed by atoms with Gasteiger partial charge in [0.25, 0.3) is 5.89 Å². The van der Waals surface area contributed by atoms with Crippen molar-refractivity contribution in [2.24, 2.45) is 0 Å². The van der Waals surface area contributed by atoms with Crippen LogP contribution in [0.2, 0.25) is 0 Å². The van der Waals surface area contributed by atoms with Crippen LogP contribution < -0.4 is 4.74 Å². The standard InChI is InChI=1S/C23H21N3O3/c1-4-27-21-11-9-17-18(21)6-5-7-19(17)22-25-23(29-26-22)15-8-10-20(28-14(2)3)16(12-15)13-24/h5-8,10-12,14H,4,9H2,1-3H3. The van der Waals surface area contributed by atoms with Crippen LogP contribution >= 0.6 is 0 Å². The average molecular weight is 387 g/mol. The first-order chi connectivity index (χ1) is 14.1. The van der Waals surface area contributed by atoms with Crippen molar-refractivity contribution >= 4 is 5.76 Å². The molecule has 1 aliphatic rings. The minimum atomic E-state index is -0.0154. The summed E-state index contributed by atoms with van der Waals surface area (Å²) in [5.41, 5.74) is 4.22. The van der Waals surface area contributed by atoms with Crippen molar-refractivity contribution in [1.29, 1.82) is 5.26 Å². The molecule has 1 aromatic heterocycles. The molecule has 0 saturated heterocycles. The van der Waals surface area contributed by atoms with Gasteiger partial charge in [0.1, 0.15) is 17.6 Å². The van der Waals surface area contributed by atoms with Gasteiger partial charge >= 0.3 is 0 Å². The lowest BCUT2D eigenvalue weighted by Gasteiger charge is -2.11. The Morgan fingerprint density at radius 1 is 1.21 bits per heavy atom. The maximum atomic E-state index is 9.45. The largest absolute Gasteiger partial charge is 0.494 e. The van der Waals surface area contributed by atoms with Gasteiger partial charge in [0.2, 0.25) is 5.82 Å². The maximum absolute atomic E-state index is 9.45. The Kier molecular flexibility index (Phi) is 5.05. The van der Waals surface area contributed by atoms with Crippen LogP contribution in [0.25, 0.3) is 28.6 Å². The third-order valence-corrected chi connectivity index (χ3v) is 4.61. The average Bonchev–Trinajstić information content (AvgIpc) is 3.36. The second kappa shape index (κ2) is 7.80. The number of hydrogen-bond donors (Lipinski definition) is 0. The van der Waals surface area contributed by atoms with Crippen LogP contribution in [0.1, 0.15) is 37.5 Å². The number of rotatable bonds is 6. The second-order valence-electron chi connectivity index (χ2n) is 6.95. The Labute approximate surface area is 169 Å². The van der Waals surface area contributed by atoms with Gasteiger partial charge in [0.05, 0.1) is 18.3 Å². The van der Waals surface area contributed by atoms with Gasteiger partial charge < -0.3 is 14.0 Å². The molecule has 3 aromatic rings. The molecule has 0 amide bonds. The van der Waals surface area contributed by atoms with Crippen LogP contribution in [0.15, 0.2) is 47.0 Å². The van der Waals surface area contributed by atoms with Crippen molar-refractivity contribution in [2.45, 2.75) is 33.3 Å². The van der Waals surface area contributed by atoms with E-state index >= 15 is 0 Å². The first-order valence-electron chi connectivity index (χ1n) is 9.61. The molecule has 2 aromatic carbocycles. The van der Waals surface area contributed by atoms with Crippen molar-refractivity contribution in [3.63, 3.8) is 0 Å². The van der Waals surface area contributed by atoms with Gasteiger partial charge in [-0.1, -0.05) is 23.4 Å². The van der Waals surface area contributed by atoms with Crippen molar-refractivity contribution in [2.75, 3.05) is 6.61 Å². The first-order valence-corrected chi connectivity index (χ1v) is 9.61. The highest BCUT2D eigenvalue weighted by Crippen LogP contribution is 2.35. The molecule has 0 saturated carbocycles. The van der Waals surface area contributed by atoms with E-state index in [-0.39, 0.29) is 6.10 Å². The summed E-state index contributed by atoms with van der Waals surface area (Å²) in [4.78, 5) is 4.57. The van der Waals surface area contributed by atoms with Gasteiger partial charge in [-0.2, -0.15) is 10.2 Å². The van der Waals surface area contributed by atoms with Gasteiger partial charge in [-0.05, 0) is 57.0 Å². The zero-order valence-electron chi connectivity index (χ0n) is 16.6. The number of fused-ring (bicyclic) bond motifs is 1. The number of benzene rings is 2. The molecule has 0 N–H and O–H groups in total. The fourth-order valence-corrected chi connectivity index (χ4v) is 3.40. The molecule has 0 unspecified atom stereocenters. The highest BCUT2D eigenvalue weighted by molar-refractivity contribution is 5.77. The molecule has 1 aliphatic carbocycles. The Balaban J connectivity index is 1.66. The van der Waals surface area contributed by atoms with E-state index in [1.807, 2.05) is 45.0 Å². The molecule has 6 nitrogen and oxygen atoms in total. The van der Waals surface area contributed by atoms with E-state index < -0.39 is 0 Å². The van der Waals surface area contributed by atoms with Gasteiger partial charge in [-0.3, -0.25) is 0 Å². The zero-order chi connectivity index (χ0) is 20.4. The molecule has 0 aliphatic heterocycles. The summed E-state index contributed by atoms with van der Waals surface area (Å²) < 4.78 is 16.9. The number of hydrogen-bond acceptors (Lipinski definition) is 6. The lowest BCUT2D eigenvalue weighted by atomic mass is 10.0. The summed E-state index contributed by atoms with van der Waals surface area (Å²) in [7, 11) is 0. The van der Waals surface area contributed by atoms with Crippen molar-refractivity contribution in [1.82, 2.24) is 10.1 Å². The van der Waals surface area contributed by atoms with Gasteiger partial charge in [-0.25, -0.2) is 0 Å². The molecule has 0 fully saturated rings. The maximum Gasteiger partial charge on any atom is 0.258 e. The minimum Gasteiger partial charge on any atom is -0.494 e. The third-order valence-electron chi connectivity index (χ3n) is 4.61. The summed E-state index contributed by atoms with van der Waals surface area (Å²) in [6.07, 6.45) is 2.83. The smallest absolute Gasteiger partial charge is 0.258 e. The summed E-state index contributed by atoms with van der Waals surface area (Å²) in [6.45, 7) is 6.44. The summed E-state index contributed by atoms with van der Waals surface area (Å²) in [5.74, 6) is 2.32. The van der Waals surface area contributed by atoms with Crippen molar-refractivity contribution in [3.05, 3.63) is 59.2 Å².